The Morgan fingerprint density at radius 1 is 1.39 bits per heavy atom. The molecule has 1 aliphatic rings. The fraction of sp³-hybridized carbons (Fsp3) is 0.667. The molecule has 1 heterocycles. The summed E-state index contributed by atoms with van der Waals surface area (Å²) in [5, 5.41) is 0. The van der Waals surface area contributed by atoms with Crippen LogP contribution in [0.2, 0.25) is 0 Å². The lowest BCUT2D eigenvalue weighted by Gasteiger charge is -2.14. The smallest absolute Gasteiger partial charge is 0.333 e. The van der Waals surface area contributed by atoms with E-state index in [2.05, 4.69) is 6.58 Å². The zero-order valence-electron chi connectivity index (χ0n) is 10.5. The largest absolute Gasteiger partial charge is 0.462 e. The summed E-state index contributed by atoms with van der Waals surface area (Å²) in [7, 11) is 0. The molecule has 0 amide bonds. The van der Waals surface area contributed by atoms with Crippen LogP contribution in [0.1, 0.15) is 19.8 Å². The highest BCUT2D eigenvalue weighted by molar-refractivity contribution is 8.03. The fourth-order valence-electron chi connectivity index (χ4n) is 1.23. The number of hydrogen-bond donors (Lipinski definition) is 0. The molecule has 1 atom stereocenters. The summed E-state index contributed by atoms with van der Waals surface area (Å²) in [4.78, 5) is 22.6. The van der Waals surface area contributed by atoms with E-state index in [0.29, 0.717) is 5.57 Å². The molecule has 0 bridgehead atoms. The van der Waals surface area contributed by atoms with Gasteiger partial charge in [0, 0.05) is 11.3 Å². The van der Waals surface area contributed by atoms with Gasteiger partial charge in [0.15, 0.2) is 5.44 Å². The molecule has 0 aromatic carbocycles. The van der Waals surface area contributed by atoms with E-state index in [-0.39, 0.29) is 24.4 Å². The molecule has 0 N–H and O–H groups in total. The second-order valence-corrected chi connectivity index (χ2v) is 6.30. The monoisotopic (exact) mass is 290 g/mol. The highest BCUT2D eigenvalue weighted by atomic mass is 32.2. The van der Waals surface area contributed by atoms with Crippen LogP contribution in [-0.2, 0) is 19.1 Å². The van der Waals surface area contributed by atoms with Gasteiger partial charge in [-0.25, -0.2) is 4.79 Å². The van der Waals surface area contributed by atoms with Crippen LogP contribution in [0.25, 0.3) is 0 Å². The molecule has 4 nitrogen and oxygen atoms in total. The van der Waals surface area contributed by atoms with Crippen molar-refractivity contribution in [3.63, 3.8) is 0 Å². The second kappa shape index (κ2) is 8.48. The maximum absolute atomic E-state index is 11.5. The molecule has 18 heavy (non-hydrogen) atoms. The molecule has 1 rings (SSSR count). The van der Waals surface area contributed by atoms with E-state index >= 15 is 0 Å². The summed E-state index contributed by atoms with van der Waals surface area (Å²) in [6.07, 6.45) is 1.25. The number of esters is 2. The number of ether oxygens (including phenoxy) is 2. The van der Waals surface area contributed by atoms with Crippen molar-refractivity contribution < 1.29 is 19.1 Å². The zero-order chi connectivity index (χ0) is 13.4. The van der Waals surface area contributed by atoms with Gasteiger partial charge >= 0.3 is 11.9 Å². The maximum atomic E-state index is 11.5. The number of rotatable bonds is 5. The topological polar surface area (TPSA) is 52.6 Å². The van der Waals surface area contributed by atoms with E-state index in [1.54, 1.807) is 30.4 Å². The fourth-order valence-corrected chi connectivity index (χ4v) is 3.61. The first-order chi connectivity index (χ1) is 8.59. The number of carbonyl (C=O) groups is 2. The van der Waals surface area contributed by atoms with Crippen molar-refractivity contribution in [2.75, 3.05) is 23.9 Å². The first-order valence-corrected chi connectivity index (χ1v) is 8.01. The molecule has 0 aromatic heterocycles. The van der Waals surface area contributed by atoms with Crippen LogP contribution in [0.3, 0.4) is 0 Å². The van der Waals surface area contributed by atoms with Crippen LogP contribution in [0, 0.1) is 0 Å². The van der Waals surface area contributed by atoms with Crippen LogP contribution in [0.15, 0.2) is 12.2 Å². The quantitative estimate of drug-likeness (QED) is 0.572. The van der Waals surface area contributed by atoms with Gasteiger partial charge in [-0.3, -0.25) is 4.79 Å². The van der Waals surface area contributed by atoms with Gasteiger partial charge in [0.2, 0.25) is 0 Å². The Morgan fingerprint density at radius 2 is 2.17 bits per heavy atom. The lowest BCUT2D eigenvalue weighted by molar-refractivity contribution is -0.148. The van der Waals surface area contributed by atoms with Crippen molar-refractivity contribution in [3.05, 3.63) is 12.2 Å². The average molecular weight is 290 g/mol. The van der Waals surface area contributed by atoms with Crippen molar-refractivity contribution in [1.82, 2.24) is 0 Å². The first kappa shape index (κ1) is 15.4. The van der Waals surface area contributed by atoms with E-state index in [0.717, 1.165) is 23.7 Å². The molecular weight excluding hydrogens is 272 g/mol. The van der Waals surface area contributed by atoms with E-state index in [4.69, 9.17) is 9.47 Å². The molecule has 1 fully saturated rings. The molecule has 1 aliphatic heterocycles. The minimum absolute atomic E-state index is 0.0507. The SMILES string of the molecule is C=C(C)C(=O)OCCC(=O)OC1CSCCCS1. The van der Waals surface area contributed by atoms with E-state index in [1.807, 2.05) is 0 Å². The van der Waals surface area contributed by atoms with Crippen molar-refractivity contribution in [2.24, 2.45) is 0 Å². The van der Waals surface area contributed by atoms with Gasteiger partial charge in [-0.2, -0.15) is 11.8 Å². The highest BCUT2D eigenvalue weighted by Crippen LogP contribution is 2.24. The standard InChI is InChI=1S/C12H18O4S2/c1-9(2)12(14)15-5-4-10(13)16-11-8-17-6-3-7-18-11/h11H,1,3-8H2,2H3. The van der Waals surface area contributed by atoms with E-state index < -0.39 is 5.97 Å². The van der Waals surface area contributed by atoms with Crippen LogP contribution in [0.4, 0.5) is 0 Å². The van der Waals surface area contributed by atoms with Gasteiger partial charge in [0.1, 0.15) is 6.61 Å². The third-order valence-electron chi connectivity index (χ3n) is 2.14. The first-order valence-electron chi connectivity index (χ1n) is 5.81. The summed E-state index contributed by atoms with van der Waals surface area (Å²) >= 11 is 3.47. The van der Waals surface area contributed by atoms with Crippen LogP contribution >= 0.6 is 23.5 Å². The normalized spacial score (nSPS) is 19.7. The number of carbonyl (C=O) groups excluding carboxylic acids is 2. The van der Waals surface area contributed by atoms with Crippen molar-refractivity contribution in [2.45, 2.75) is 25.2 Å². The molecule has 0 aliphatic carbocycles. The Kier molecular flexibility index (Phi) is 7.27. The minimum Gasteiger partial charge on any atom is -0.462 e. The van der Waals surface area contributed by atoms with Crippen molar-refractivity contribution in [3.8, 4) is 0 Å². The Bertz CT molecular complexity index is 309. The van der Waals surface area contributed by atoms with Gasteiger partial charge in [0.25, 0.3) is 0 Å². The number of thioether (sulfide) groups is 2. The lowest BCUT2D eigenvalue weighted by atomic mass is 10.4. The number of hydrogen-bond acceptors (Lipinski definition) is 6. The summed E-state index contributed by atoms with van der Waals surface area (Å²) in [5.74, 6) is 2.20. The van der Waals surface area contributed by atoms with E-state index in [9.17, 15) is 9.59 Å². The van der Waals surface area contributed by atoms with E-state index in [1.165, 1.54) is 0 Å². The van der Waals surface area contributed by atoms with Crippen LogP contribution in [-0.4, -0.2) is 41.2 Å². The second-order valence-electron chi connectivity index (χ2n) is 3.88. The van der Waals surface area contributed by atoms with Gasteiger partial charge in [-0.1, -0.05) is 6.58 Å². The van der Waals surface area contributed by atoms with Crippen LogP contribution in [0.5, 0.6) is 0 Å². The van der Waals surface area contributed by atoms with Gasteiger partial charge in [0.05, 0.1) is 6.42 Å². The Morgan fingerprint density at radius 3 is 2.89 bits per heavy atom. The Labute approximate surface area is 116 Å². The van der Waals surface area contributed by atoms with Crippen molar-refractivity contribution in [1.29, 1.82) is 0 Å². The average Bonchev–Trinajstić information content (AvgIpc) is 2.57. The molecule has 0 saturated carbocycles. The lowest BCUT2D eigenvalue weighted by Crippen LogP contribution is -2.19. The Balaban J connectivity index is 2.16. The summed E-state index contributed by atoms with van der Waals surface area (Å²) in [6.45, 7) is 5.08. The maximum Gasteiger partial charge on any atom is 0.333 e. The molecule has 102 valence electrons. The summed E-state index contributed by atoms with van der Waals surface area (Å²) in [5.41, 5.74) is 0.265. The molecule has 0 aromatic rings. The predicted molar refractivity (Wildman–Crippen MR) is 74.7 cm³/mol. The van der Waals surface area contributed by atoms with Gasteiger partial charge < -0.3 is 9.47 Å². The molecule has 1 saturated heterocycles. The third kappa shape index (κ3) is 6.35. The molecule has 0 radical (unpaired) electrons. The molecular formula is C12H18O4S2. The molecule has 6 heteroatoms. The minimum atomic E-state index is -0.470. The third-order valence-corrected chi connectivity index (χ3v) is 4.63. The molecule has 1 unspecified atom stereocenters. The highest BCUT2D eigenvalue weighted by Gasteiger charge is 2.17. The van der Waals surface area contributed by atoms with Crippen molar-refractivity contribution >= 4 is 35.5 Å². The van der Waals surface area contributed by atoms with Gasteiger partial charge in [-0.15, -0.1) is 11.8 Å². The summed E-state index contributed by atoms with van der Waals surface area (Å²) in [6, 6.07) is 0. The summed E-state index contributed by atoms with van der Waals surface area (Å²) < 4.78 is 10.1. The predicted octanol–water partition coefficient (Wildman–Crippen LogP) is 2.24. The Hall–Kier alpha value is -0.620. The van der Waals surface area contributed by atoms with Crippen LogP contribution < -0.4 is 0 Å². The zero-order valence-corrected chi connectivity index (χ0v) is 12.1. The molecule has 0 spiro atoms. The van der Waals surface area contributed by atoms with Gasteiger partial charge in [-0.05, 0) is 24.9 Å².